The first-order valence-electron chi connectivity index (χ1n) is 4.39. The van der Waals surface area contributed by atoms with Crippen LogP contribution in [0.15, 0.2) is 11.6 Å². The van der Waals surface area contributed by atoms with E-state index in [-0.39, 0.29) is 5.91 Å². The largest absolute Gasteiger partial charge is 0.366 e. The van der Waals surface area contributed by atoms with E-state index in [4.69, 9.17) is 4.74 Å². The first-order valence-corrected chi connectivity index (χ1v) is 5.27. The van der Waals surface area contributed by atoms with Crippen LogP contribution in [0, 0.1) is 0 Å². The third kappa shape index (κ3) is 2.28. The molecule has 2 N–H and O–H groups in total. The molecule has 0 aliphatic carbocycles. The molecule has 1 atom stereocenters. The van der Waals surface area contributed by atoms with Gasteiger partial charge in [0.1, 0.15) is 6.10 Å². The fourth-order valence-electron chi connectivity index (χ4n) is 1.20. The predicted octanol–water partition coefficient (Wildman–Crippen LogP) is 0.0700. The van der Waals surface area contributed by atoms with Gasteiger partial charge in [0.15, 0.2) is 5.13 Å². The average molecular weight is 213 g/mol. The maximum absolute atomic E-state index is 11.6. The second-order valence-corrected chi connectivity index (χ2v) is 3.78. The molecule has 0 radical (unpaired) electrons. The molecule has 14 heavy (non-hydrogen) atoms. The summed E-state index contributed by atoms with van der Waals surface area (Å²) in [4.78, 5) is 15.5. The topological polar surface area (TPSA) is 63.2 Å². The number of hydrogen-bond acceptors (Lipinski definition) is 5. The van der Waals surface area contributed by atoms with E-state index in [2.05, 4.69) is 15.6 Å². The van der Waals surface area contributed by atoms with Crippen LogP contribution in [0.5, 0.6) is 0 Å². The molecule has 1 aliphatic rings. The van der Waals surface area contributed by atoms with Gasteiger partial charge in [-0.3, -0.25) is 10.1 Å². The second-order valence-electron chi connectivity index (χ2n) is 2.89. The monoisotopic (exact) mass is 213 g/mol. The number of anilines is 1. The van der Waals surface area contributed by atoms with Gasteiger partial charge in [-0.1, -0.05) is 0 Å². The number of amides is 1. The highest BCUT2D eigenvalue weighted by molar-refractivity contribution is 7.13. The zero-order chi connectivity index (χ0) is 9.80. The quantitative estimate of drug-likeness (QED) is 0.729. The number of thiazole rings is 1. The molecule has 1 unspecified atom stereocenters. The number of carbonyl (C=O) groups excluding carboxylic acids is 1. The van der Waals surface area contributed by atoms with Crippen molar-refractivity contribution in [2.45, 2.75) is 6.10 Å². The van der Waals surface area contributed by atoms with Crippen molar-refractivity contribution in [2.75, 3.05) is 25.0 Å². The van der Waals surface area contributed by atoms with Crippen molar-refractivity contribution < 1.29 is 9.53 Å². The van der Waals surface area contributed by atoms with Crippen LogP contribution in [0.25, 0.3) is 0 Å². The summed E-state index contributed by atoms with van der Waals surface area (Å²) >= 11 is 1.40. The standard InChI is InChI=1S/C8H11N3O2S/c12-7(6-5-9-1-3-13-6)11-8-10-2-4-14-8/h2,4,6,9H,1,3,5H2,(H,10,11,12). The van der Waals surface area contributed by atoms with Crippen LogP contribution in [0.2, 0.25) is 0 Å². The summed E-state index contributed by atoms with van der Waals surface area (Å²) in [7, 11) is 0. The predicted molar refractivity (Wildman–Crippen MR) is 53.4 cm³/mol. The summed E-state index contributed by atoms with van der Waals surface area (Å²) in [6.45, 7) is 1.95. The van der Waals surface area contributed by atoms with E-state index >= 15 is 0 Å². The smallest absolute Gasteiger partial charge is 0.256 e. The van der Waals surface area contributed by atoms with Gasteiger partial charge < -0.3 is 10.1 Å². The van der Waals surface area contributed by atoms with Crippen molar-refractivity contribution in [2.24, 2.45) is 0 Å². The molecule has 2 heterocycles. The lowest BCUT2D eigenvalue weighted by Crippen LogP contribution is -2.45. The Morgan fingerprint density at radius 3 is 3.36 bits per heavy atom. The molecule has 1 aliphatic heterocycles. The van der Waals surface area contributed by atoms with Gasteiger partial charge in [0.05, 0.1) is 6.61 Å². The van der Waals surface area contributed by atoms with Gasteiger partial charge in [0.25, 0.3) is 5.91 Å². The zero-order valence-corrected chi connectivity index (χ0v) is 8.34. The molecule has 0 saturated carbocycles. The van der Waals surface area contributed by atoms with E-state index < -0.39 is 6.10 Å². The SMILES string of the molecule is O=C(Nc1nccs1)C1CNCCO1. The Hall–Kier alpha value is -0.980. The summed E-state index contributed by atoms with van der Waals surface area (Å²) in [5.74, 6) is -0.132. The van der Waals surface area contributed by atoms with Crippen LogP contribution < -0.4 is 10.6 Å². The summed E-state index contributed by atoms with van der Waals surface area (Å²) in [6, 6.07) is 0. The molecule has 1 fully saturated rings. The first-order chi connectivity index (χ1) is 6.86. The van der Waals surface area contributed by atoms with E-state index in [0.29, 0.717) is 18.3 Å². The number of ether oxygens (including phenoxy) is 1. The molecule has 1 aromatic rings. The molecule has 1 aromatic heterocycles. The Kier molecular flexibility index (Phi) is 3.07. The van der Waals surface area contributed by atoms with Gasteiger partial charge in [-0.05, 0) is 0 Å². The van der Waals surface area contributed by atoms with E-state index in [1.165, 1.54) is 11.3 Å². The average Bonchev–Trinajstić information content (AvgIpc) is 2.72. The third-order valence-corrected chi connectivity index (χ3v) is 2.57. The van der Waals surface area contributed by atoms with E-state index in [9.17, 15) is 4.79 Å². The number of carbonyl (C=O) groups is 1. The van der Waals surface area contributed by atoms with Crippen molar-refractivity contribution >= 4 is 22.4 Å². The highest BCUT2D eigenvalue weighted by atomic mass is 32.1. The molecule has 0 bridgehead atoms. The first kappa shape index (κ1) is 9.57. The van der Waals surface area contributed by atoms with Crippen LogP contribution in [0.1, 0.15) is 0 Å². The van der Waals surface area contributed by atoms with Gasteiger partial charge in [0, 0.05) is 24.7 Å². The van der Waals surface area contributed by atoms with Crippen molar-refractivity contribution in [3.8, 4) is 0 Å². The minimum absolute atomic E-state index is 0.132. The normalized spacial score (nSPS) is 21.9. The number of hydrogen-bond donors (Lipinski definition) is 2. The van der Waals surface area contributed by atoms with Crippen molar-refractivity contribution in [3.05, 3.63) is 11.6 Å². The lowest BCUT2D eigenvalue weighted by molar-refractivity contribution is -0.128. The molecular formula is C8H11N3O2S. The van der Waals surface area contributed by atoms with E-state index in [1.807, 2.05) is 5.38 Å². The molecule has 0 aromatic carbocycles. The van der Waals surface area contributed by atoms with Crippen molar-refractivity contribution in [1.29, 1.82) is 0 Å². The van der Waals surface area contributed by atoms with Crippen LogP contribution in [-0.2, 0) is 9.53 Å². The molecule has 1 saturated heterocycles. The minimum atomic E-state index is -0.396. The van der Waals surface area contributed by atoms with Gasteiger partial charge >= 0.3 is 0 Å². The van der Waals surface area contributed by atoms with Crippen LogP contribution >= 0.6 is 11.3 Å². The Labute approximate surface area is 85.5 Å². The fraction of sp³-hybridized carbons (Fsp3) is 0.500. The number of aromatic nitrogens is 1. The molecule has 1 amide bonds. The summed E-state index contributed by atoms with van der Waals surface area (Å²) in [5, 5.41) is 8.22. The van der Waals surface area contributed by atoms with Gasteiger partial charge in [0.2, 0.25) is 0 Å². The zero-order valence-electron chi connectivity index (χ0n) is 7.53. The van der Waals surface area contributed by atoms with Gasteiger partial charge in [-0.15, -0.1) is 11.3 Å². The number of rotatable bonds is 2. The summed E-state index contributed by atoms with van der Waals surface area (Å²) in [6.07, 6.45) is 1.26. The van der Waals surface area contributed by atoms with Crippen LogP contribution in [-0.4, -0.2) is 36.7 Å². The summed E-state index contributed by atoms with van der Waals surface area (Å²) < 4.78 is 5.29. The lowest BCUT2D eigenvalue weighted by Gasteiger charge is -2.22. The minimum Gasteiger partial charge on any atom is -0.366 e. The van der Waals surface area contributed by atoms with Crippen molar-refractivity contribution in [3.63, 3.8) is 0 Å². The lowest BCUT2D eigenvalue weighted by atomic mass is 10.3. The van der Waals surface area contributed by atoms with Crippen molar-refractivity contribution in [1.82, 2.24) is 10.3 Å². The van der Waals surface area contributed by atoms with Crippen LogP contribution in [0.3, 0.4) is 0 Å². The Bertz CT molecular complexity index is 296. The Morgan fingerprint density at radius 1 is 1.79 bits per heavy atom. The maximum Gasteiger partial charge on any atom is 0.256 e. The highest BCUT2D eigenvalue weighted by Gasteiger charge is 2.21. The molecule has 0 spiro atoms. The number of nitrogens with zero attached hydrogens (tertiary/aromatic N) is 1. The summed E-state index contributed by atoms with van der Waals surface area (Å²) in [5.41, 5.74) is 0. The molecule has 2 rings (SSSR count). The molecular weight excluding hydrogens is 202 g/mol. The Balaban J connectivity index is 1.88. The molecule has 76 valence electrons. The van der Waals surface area contributed by atoms with E-state index in [0.717, 1.165) is 6.54 Å². The van der Waals surface area contributed by atoms with Gasteiger partial charge in [-0.2, -0.15) is 0 Å². The number of nitrogens with one attached hydrogen (secondary N) is 2. The second kappa shape index (κ2) is 4.50. The maximum atomic E-state index is 11.6. The molecule has 5 nitrogen and oxygen atoms in total. The third-order valence-electron chi connectivity index (χ3n) is 1.88. The van der Waals surface area contributed by atoms with Gasteiger partial charge in [-0.25, -0.2) is 4.98 Å². The molecule has 6 heteroatoms. The number of morpholine rings is 1. The highest BCUT2D eigenvalue weighted by Crippen LogP contribution is 2.11. The van der Waals surface area contributed by atoms with Crippen LogP contribution in [0.4, 0.5) is 5.13 Å². The van der Waals surface area contributed by atoms with E-state index in [1.54, 1.807) is 6.20 Å². The fourth-order valence-corrected chi connectivity index (χ4v) is 1.74. The Morgan fingerprint density at radius 2 is 2.71 bits per heavy atom.